The smallest absolute Gasteiger partial charge is 0.181 e. The maximum Gasteiger partial charge on any atom is 0.181 e. The van der Waals surface area contributed by atoms with Crippen LogP contribution in [0.25, 0.3) is 0 Å². The third kappa shape index (κ3) is 2.84. The van der Waals surface area contributed by atoms with Crippen LogP contribution in [-0.4, -0.2) is 38.8 Å². The van der Waals surface area contributed by atoms with Crippen molar-refractivity contribution in [3.05, 3.63) is 54.6 Å². The van der Waals surface area contributed by atoms with Crippen LogP contribution in [0.3, 0.4) is 0 Å². The van der Waals surface area contributed by atoms with Gasteiger partial charge in [-0.05, 0) is 44.7 Å². The Morgan fingerprint density at radius 1 is 1.05 bits per heavy atom. The number of fused-ring (bicyclic) bond motifs is 1. The molecule has 2 aromatic rings. The van der Waals surface area contributed by atoms with Crippen LogP contribution in [0.2, 0.25) is 12.6 Å². The Morgan fingerprint density at radius 3 is 2.43 bits per heavy atom. The van der Waals surface area contributed by atoms with Gasteiger partial charge in [-0.15, -0.1) is 0 Å². The van der Waals surface area contributed by atoms with Crippen LogP contribution < -0.4 is 10.4 Å². The Morgan fingerprint density at radius 2 is 1.71 bits per heavy atom. The van der Waals surface area contributed by atoms with Gasteiger partial charge in [0.1, 0.15) is 0 Å². The first-order chi connectivity index (χ1) is 10.2. The Hall–Kier alpha value is -1.74. The highest BCUT2D eigenvalue weighted by Crippen LogP contribution is 2.32. The summed E-state index contributed by atoms with van der Waals surface area (Å²) in [5.74, 6) is 0.648. The van der Waals surface area contributed by atoms with Gasteiger partial charge in [0.05, 0.1) is 0 Å². The summed E-state index contributed by atoms with van der Waals surface area (Å²) < 4.78 is 0. The van der Waals surface area contributed by atoms with Crippen LogP contribution in [0.4, 0.5) is 11.4 Å². The van der Waals surface area contributed by atoms with Gasteiger partial charge in [-0.2, -0.15) is 0 Å². The standard InChI is InChI=1S/C18H23BN2/c1-19-15(13-20(2)3)14-21(16-9-5-4-6-10-16)18-12-8-7-11-17(18)19/h4-12,15H,13-14H2,1-3H3. The van der Waals surface area contributed by atoms with E-state index in [1.165, 1.54) is 16.8 Å². The zero-order valence-corrected chi connectivity index (χ0v) is 13.2. The molecule has 21 heavy (non-hydrogen) atoms. The van der Waals surface area contributed by atoms with Crippen molar-refractivity contribution >= 4 is 23.6 Å². The first-order valence-corrected chi connectivity index (χ1v) is 7.73. The molecular weight excluding hydrogens is 255 g/mol. The highest BCUT2D eigenvalue weighted by Gasteiger charge is 2.33. The average molecular weight is 278 g/mol. The monoisotopic (exact) mass is 278 g/mol. The van der Waals surface area contributed by atoms with Crippen molar-refractivity contribution in [3.63, 3.8) is 0 Å². The lowest BCUT2D eigenvalue weighted by molar-refractivity contribution is 0.400. The van der Waals surface area contributed by atoms with Crippen LogP contribution in [0.15, 0.2) is 54.6 Å². The van der Waals surface area contributed by atoms with Gasteiger partial charge >= 0.3 is 0 Å². The van der Waals surface area contributed by atoms with Gasteiger partial charge in [0.2, 0.25) is 0 Å². The maximum atomic E-state index is 2.48. The summed E-state index contributed by atoms with van der Waals surface area (Å²) in [7, 11) is 4.33. The van der Waals surface area contributed by atoms with Gasteiger partial charge in [0.25, 0.3) is 0 Å². The summed E-state index contributed by atoms with van der Waals surface area (Å²) in [6, 6.07) is 19.6. The molecule has 2 aromatic carbocycles. The van der Waals surface area contributed by atoms with Crippen molar-refractivity contribution in [2.24, 2.45) is 0 Å². The summed E-state index contributed by atoms with van der Waals surface area (Å²) in [4.78, 5) is 4.78. The van der Waals surface area contributed by atoms with Crippen LogP contribution in [0, 0.1) is 0 Å². The topological polar surface area (TPSA) is 6.48 Å². The summed E-state index contributed by atoms with van der Waals surface area (Å²) in [6.45, 7) is 5.18. The van der Waals surface area contributed by atoms with E-state index in [0.717, 1.165) is 13.1 Å². The fraction of sp³-hybridized carbons (Fsp3) is 0.333. The molecule has 3 rings (SSSR count). The summed E-state index contributed by atoms with van der Waals surface area (Å²) in [5.41, 5.74) is 4.13. The molecule has 0 fully saturated rings. The van der Waals surface area contributed by atoms with Gasteiger partial charge in [-0.1, -0.05) is 48.7 Å². The second-order valence-electron chi connectivity index (χ2n) is 6.32. The van der Waals surface area contributed by atoms with Crippen LogP contribution in [-0.2, 0) is 0 Å². The molecule has 0 radical (unpaired) electrons. The first kappa shape index (κ1) is 14.2. The molecule has 108 valence electrons. The minimum atomic E-state index is 0.601. The predicted octanol–water partition coefficient (Wildman–Crippen LogP) is 3.10. The number of hydrogen-bond acceptors (Lipinski definition) is 2. The van der Waals surface area contributed by atoms with Crippen LogP contribution in [0.5, 0.6) is 0 Å². The van der Waals surface area contributed by atoms with Crippen molar-refractivity contribution in [2.75, 3.05) is 32.1 Å². The minimum Gasteiger partial charge on any atom is -0.342 e. The van der Waals surface area contributed by atoms with Crippen molar-refractivity contribution in [1.29, 1.82) is 0 Å². The summed E-state index contributed by atoms with van der Waals surface area (Å²) in [6.07, 6.45) is 0. The molecule has 0 aliphatic carbocycles. The number of nitrogens with zero attached hydrogens (tertiary/aromatic N) is 2. The molecule has 1 atom stereocenters. The van der Waals surface area contributed by atoms with Crippen molar-refractivity contribution in [3.8, 4) is 0 Å². The molecule has 0 N–H and O–H groups in total. The minimum absolute atomic E-state index is 0.601. The average Bonchev–Trinajstić information content (AvgIpc) is 2.51. The third-order valence-electron chi connectivity index (χ3n) is 4.51. The van der Waals surface area contributed by atoms with Crippen molar-refractivity contribution < 1.29 is 0 Å². The first-order valence-electron chi connectivity index (χ1n) is 7.73. The second-order valence-corrected chi connectivity index (χ2v) is 6.32. The molecule has 1 unspecified atom stereocenters. The lowest BCUT2D eigenvalue weighted by Gasteiger charge is -2.40. The molecule has 1 heterocycles. The Bertz CT molecular complexity index is 597. The fourth-order valence-corrected chi connectivity index (χ4v) is 3.40. The van der Waals surface area contributed by atoms with E-state index < -0.39 is 0 Å². The molecule has 0 aromatic heterocycles. The predicted molar refractivity (Wildman–Crippen MR) is 93.4 cm³/mol. The van der Waals surface area contributed by atoms with Crippen LogP contribution >= 0.6 is 0 Å². The zero-order chi connectivity index (χ0) is 14.8. The summed E-state index contributed by atoms with van der Waals surface area (Å²) >= 11 is 0. The molecule has 1 aliphatic rings. The Kier molecular flexibility index (Phi) is 4.02. The van der Waals surface area contributed by atoms with E-state index in [4.69, 9.17) is 0 Å². The Balaban J connectivity index is 2.02. The van der Waals surface area contributed by atoms with E-state index >= 15 is 0 Å². The molecular formula is C18H23BN2. The van der Waals surface area contributed by atoms with E-state index in [-0.39, 0.29) is 0 Å². The largest absolute Gasteiger partial charge is 0.342 e. The molecule has 0 saturated heterocycles. The van der Waals surface area contributed by atoms with E-state index in [1.54, 1.807) is 0 Å². The number of hydrogen-bond donors (Lipinski definition) is 0. The van der Waals surface area contributed by atoms with E-state index in [1.807, 2.05) is 0 Å². The molecule has 2 nitrogen and oxygen atoms in total. The molecule has 0 bridgehead atoms. The van der Waals surface area contributed by atoms with Gasteiger partial charge in [0, 0.05) is 17.9 Å². The quantitative estimate of drug-likeness (QED) is 0.796. The normalized spacial score (nSPS) is 18.0. The summed E-state index contributed by atoms with van der Waals surface area (Å²) in [5, 5.41) is 0. The fourth-order valence-electron chi connectivity index (χ4n) is 3.40. The van der Waals surface area contributed by atoms with Crippen molar-refractivity contribution in [2.45, 2.75) is 12.6 Å². The maximum absolute atomic E-state index is 2.48. The molecule has 0 spiro atoms. The second kappa shape index (κ2) is 5.94. The lowest BCUT2D eigenvalue weighted by Crippen LogP contribution is -2.48. The zero-order valence-electron chi connectivity index (χ0n) is 13.2. The highest BCUT2D eigenvalue weighted by molar-refractivity contribution is 6.75. The SMILES string of the molecule is CB1c2ccccc2N(c2ccccc2)CC1CN(C)C. The number of benzene rings is 2. The molecule has 3 heteroatoms. The Labute approximate surface area is 128 Å². The van der Waals surface area contributed by atoms with E-state index in [2.05, 4.69) is 85.3 Å². The van der Waals surface area contributed by atoms with Gasteiger partial charge < -0.3 is 9.80 Å². The van der Waals surface area contributed by atoms with E-state index in [9.17, 15) is 0 Å². The number of para-hydroxylation sites is 2. The van der Waals surface area contributed by atoms with E-state index in [0.29, 0.717) is 12.5 Å². The number of rotatable bonds is 3. The lowest BCUT2D eigenvalue weighted by atomic mass is 9.37. The molecule has 1 aliphatic heterocycles. The van der Waals surface area contributed by atoms with Gasteiger partial charge in [0.15, 0.2) is 6.71 Å². The highest BCUT2D eigenvalue weighted by atomic mass is 15.2. The van der Waals surface area contributed by atoms with Crippen molar-refractivity contribution in [1.82, 2.24) is 4.90 Å². The van der Waals surface area contributed by atoms with Gasteiger partial charge in [-0.3, -0.25) is 0 Å². The third-order valence-corrected chi connectivity index (χ3v) is 4.51. The molecule has 0 saturated carbocycles. The van der Waals surface area contributed by atoms with Gasteiger partial charge in [-0.25, -0.2) is 0 Å². The number of anilines is 2. The molecule has 0 amide bonds. The van der Waals surface area contributed by atoms with Crippen LogP contribution in [0.1, 0.15) is 0 Å².